The van der Waals surface area contributed by atoms with Gasteiger partial charge in [0.2, 0.25) is 0 Å². The van der Waals surface area contributed by atoms with Crippen molar-refractivity contribution in [3.63, 3.8) is 0 Å². The largest absolute Gasteiger partial charge is 0.313 e. The predicted octanol–water partition coefficient (Wildman–Crippen LogP) is 1.91. The lowest BCUT2D eigenvalue weighted by Gasteiger charge is -2.27. The van der Waals surface area contributed by atoms with Crippen LogP contribution in [0.5, 0.6) is 0 Å². The third-order valence-electron chi connectivity index (χ3n) is 3.50. The molecule has 0 aliphatic heterocycles. The van der Waals surface area contributed by atoms with Crippen molar-refractivity contribution in [2.45, 2.75) is 57.5 Å². The molecule has 0 bridgehead atoms. The Morgan fingerprint density at radius 2 is 1.64 bits per heavy atom. The molecule has 0 radical (unpaired) electrons. The Morgan fingerprint density at radius 3 is 2.29 bits per heavy atom. The molecule has 0 heterocycles. The molecule has 0 saturated heterocycles. The Labute approximate surface area is 87.8 Å². The third kappa shape index (κ3) is 3.58. The average molecular weight is 196 g/mol. The zero-order chi connectivity index (χ0) is 9.80. The fourth-order valence-electron chi connectivity index (χ4n) is 2.46. The molecule has 2 saturated carbocycles. The molecule has 0 spiro atoms. The highest BCUT2D eigenvalue weighted by molar-refractivity contribution is 4.81. The van der Waals surface area contributed by atoms with Crippen LogP contribution >= 0.6 is 0 Å². The second-order valence-electron chi connectivity index (χ2n) is 5.15. The highest BCUT2D eigenvalue weighted by Crippen LogP contribution is 2.23. The van der Waals surface area contributed by atoms with Gasteiger partial charge in [0.25, 0.3) is 0 Å². The number of rotatable bonds is 5. The summed E-state index contributed by atoms with van der Waals surface area (Å²) in [5.74, 6) is 0.942. The van der Waals surface area contributed by atoms with E-state index in [-0.39, 0.29) is 0 Å². The summed E-state index contributed by atoms with van der Waals surface area (Å²) >= 11 is 0. The van der Waals surface area contributed by atoms with Crippen LogP contribution in [0.15, 0.2) is 0 Å². The van der Waals surface area contributed by atoms with Crippen molar-refractivity contribution in [2.75, 3.05) is 13.1 Å². The maximum absolute atomic E-state index is 3.67. The summed E-state index contributed by atoms with van der Waals surface area (Å²) in [4.78, 5) is 0. The first-order valence-corrected chi connectivity index (χ1v) is 6.31. The minimum Gasteiger partial charge on any atom is -0.313 e. The van der Waals surface area contributed by atoms with E-state index in [1.165, 1.54) is 38.5 Å². The second-order valence-corrected chi connectivity index (χ2v) is 5.15. The molecule has 2 nitrogen and oxygen atoms in total. The Balaban J connectivity index is 1.50. The van der Waals surface area contributed by atoms with Gasteiger partial charge in [-0.05, 0) is 31.6 Å². The Hall–Kier alpha value is -0.0800. The zero-order valence-electron chi connectivity index (χ0n) is 9.39. The van der Waals surface area contributed by atoms with Crippen molar-refractivity contribution in [2.24, 2.45) is 5.92 Å². The van der Waals surface area contributed by atoms with Crippen LogP contribution in [0.3, 0.4) is 0 Å². The number of nitrogens with one attached hydrogen (secondary N) is 2. The van der Waals surface area contributed by atoms with Crippen LogP contribution in [0.25, 0.3) is 0 Å². The smallest absolute Gasteiger partial charge is 0.00794 e. The lowest BCUT2D eigenvalue weighted by molar-refractivity contribution is 0.302. The van der Waals surface area contributed by atoms with Gasteiger partial charge < -0.3 is 10.6 Å². The van der Waals surface area contributed by atoms with Crippen molar-refractivity contribution in [3.05, 3.63) is 0 Å². The van der Waals surface area contributed by atoms with Crippen LogP contribution in [0.2, 0.25) is 0 Å². The topological polar surface area (TPSA) is 24.1 Å². The summed E-state index contributed by atoms with van der Waals surface area (Å²) in [5.41, 5.74) is 0. The van der Waals surface area contributed by atoms with Gasteiger partial charge in [0.05, 0.1) is 0 Å². The SMILES string of the molecule is CC1CCCC(NCCNC2CC2)C1. The maximum atomic E-state index is 3.67. The molecule has 2 aliphatic rings. The number of hydrogen-bond donors (Lipinski definition) is 2. The van der Waals surface area contributed by atoms with E-state index in [0.29, 0.717) is 0 Å². The van der Waals surface area contributed by atoms with Crippen LogP contribution in [0, 0.1) is 5.92 Å². The van der Waals surface area contributed by atoms with E-state index in [4.69, 9.17) is 0 Å². The quantitative estimate of drug-likeness (QED) is 0.656. The van der Waals surface area contributed by atoms with E-state index in [2.05, 4.69) is 17.6 Å². The van der Waals surface area contributed by atoms with Crippen molar-refractivity contribution < 1.29 is 0 Å². The molecule has 0 aromatic heterocycles. The highest BCUT2D eigenvalue weighted by Gasteiger charge is 2.20. The summed E-state index contributed by atoms with van der Waals surface area (Å²) in [6.07, 6.45) is 8.46. The van der Waals surface area contributed by atoms with Crippen LogP contribution in [-0.4, -0.2) is 25.2 Å². The highest BCUT2D eigenvalue weighted by atomic mass is 15.0. The molecule has 0 amide bonds. The molecular weight excluding hydrogens is 172 g/mol. The number of hydrogen-bond acceptors (Lipinski definition) is 2. The molecule has 0 aromatic carbocycles. The first-order valence-electron chi connectivity index (χ1n) is 6.31. The Morgan fingerprint density at radius 1 is 0.929 bits per heavy atom. The van der Waals surface area contributed by atoms with Gasteiger partial charge in [-0.15, -0.1) is 0 Å². The molecule has 2 heteroatoms. The van der Waals surface area contributed by atoms with E-state index in [0.717, 1.165) is 31.1 Å². The van der Waals surface area contributed by atoms with Gasteiger partial charge in [0.1, 0.15) is 0 Å². The van der Waals surface area contributed by atoms with E-state index < -0.39 is 0 Å². The Bertz CT molecular complexity index is 166. The van der Waals surface area contributed by atoms with E-state index in [1.807, 2.05) is 0 Å². The average Bonchev–Trinajstić information content (AvgIpc) is 2.96. The van der Waals surface area contributed by atoms with E-state index >= 15 is 0 Å². The van der Waals surface area contributed by atoms with Gasteiger partial charge in [-0.25, -0.2) is 0 Å². The third-order valence-corrected chi connectivity index (χ3v) is 3.50. The van der Waals surface area contributed by atoms with Crippen molar-refractivity contribution in [1.29, 1.82) is 0 Å². The fraction of sp³-hybridized carbons (Fsp3) is 1.00. The van der Waals surface area contributed by atoms with Crippen LogP contribution < -0.4 is 10.6 Å². The van der Waals surface area contributed by atoms with E-state index in [9.17, 15) is 0 Å². The molecule has 2 rings (SSSR count). The minimum atomic E-state index is 0.805. The zero-order valence-corrected chi connectivity index (χ0v) is 9.39. The van der Waals surface area contributed by atoms with Gasteiger partial charge in [0, 0.05) is 25.2 Å². The first kappa shape index (κ1) is 10.4. The monoisotopic (exact) mass is 196 g/mol. The molecule has 2 fully saturated rings. The van der Waals surface area contributed by atoms with Gasteiger partial charge in [-0.3, -0.25) is 0 Å². The second kappa shape index (κ2) is 5.13. The van der Waals surface area contributed by atoms with Gasteiger partial charge in [-0.1, -0.05) is 19.8 Å². The molecule has 2 N–H and O–H groups in total. The van der Waals surface area contributed by atoms with Crippen molar-refractivity contribution in [3.8, 4) is 0 Å². The summed E-state index contributed by atoms with van der Waals surface area (Å²) in [7, 11) is 0. The first-order chi connectivity index (χ1) is 6.84. The van der Waals surface area contributed by atoms with Crippen molar-refractivity contribution in [1.82, 2.24) is 10.6 Å². The molecule has 2 atom stereocenters. The molecule has 82 valence electrons. The summed E-state index contributed by atoms with van der Waals surface area (Å²) in [6, 6.07) is 1.67. The standard InChI is InChI=1S/C12H24N2/c1-10-3-2-4-12(9-10)14-8-7-13-11-5-6-11/h10-14H,2-9H2,1H3. The summed E-state index contributed by atoms with van der Waals surface area (Å²) < 4.78 is 0. The van der Waals surface area contributed by atoms with Crippen LogP contribution in [0.1, 0.15) is 45.4 Å². The molecular formula is C12H24N2. The normalized spacial score (nSPS) is 33.2. The lowest BCUT2D eigenvalue weighted by Crippen LogP contribution is -2.38. The summed E-state index contributed by atoms with van der Waals surface area (Å²) in [5, 5.41) is 7.22. The minimum absolute atomic E-state index is 0.805. The van der Waals surface area contributed by atoms with Gasteiger partial charge >= 0.3 is 0 Å². The van der Waals surface area contributed by atoms with Crippen LogP contribution in [-0.2, 0) is 0 Å². The van der Waals surface area contributed by atoms with Gasteiger partial charge in [0.15, 0.2) is 0 Å². The molecule has 14 heavy (non-hydrogen) atoms. The van der Waals surface area contributed by atoms with Gasteiger partial charge in [-0.2, -0.15) is 0 Å². The Kier molecular flexibility index (Phi) is 3.82. The summed E-state index contributed by atoms with van der Waals surface area (Å²) in [6.45, 7) is 4.71. The van der Waals surface area contributed by atoms with Crippen molar-refractivity contribution >= 4 is 0 Å². The van der Waals surface area contributed by atoms with E-state index in [1.54, 1.807) is 0 Å². The maximum Gasteiger partial charge on any atom is 0.00794 e. The van der Waals surface area contributed by atoms with Crippen LogP contribution in [0.4, 0.5) is 0 Å². The fourth-order valence-corrected chi connectivity index (χ4v) is 2.46. The molecule has 0 aromatic rings. The predicted molar refractivity (Wildman–Crippen MR) is 60.4 cm³/mol. The lowest BCUT2D eigenvalue weighted by atomic mass is 9.87. The molecule has 2 aliphatic carbocycles. The molecule has 2 unspecified atom stereocenters.